The second kappa shape index (κ2) is 8.32. The Morgan fingerprint density at radius 3 is 2.72 bits per heavy atom. The molecule has 0 spiro atoms. The van der Waals surface area contributed by atoms with Crippen LogP contribution in [0.15, 0.2) is 66.7 Å². The molecule has 0 aliphatic carbocycles. The van der Waals surface area contributed by atoms with Gasteiger partial charge in [-0.05, 0) is 65.9 Å². The van der Waals surface area contributed by atoms with E-state index in [1.54, 1.807) is 12.1 Å². The molecule has 0 saturated carbocycles. The van der Waals surface area contributed by atoms with Gasteiger partial charge in [0.2, 0.25) is 0 Å². The van der Waals surface area contributed by atoms with Gasteiger partial charge in [-0.2, -0.15) is 0 Å². The smallest absolute Gasteiger partial charge is 0.322 e. The fourth-order valence-electron chi connectivity index (χ4n) is 4.61. The summed E-state index contributed by atoms with van der Waals surface area (Å²) in [6.07, 6.45) is 1.53. The summed E-state index contributed by atoms with van der Waals surface area (Å²) in [5, 5.41) is 4.83. The average molecular weight is 448 g/mol. The molecule has 3 aromatic carbocycles. The van der Waals surface area contributed by atoms with Gasteiger partial charge in [0, 0.05) is 33.9 Å². The number of aromatic nitrogens is 1. The number of nitrogens with zero attached hydrogens (tertiary/aromatic N) is 1. The van der Waals surface area contributed by atoms with E-state index in [9.17, 15) is 9.18 Å². The summed E-state index contributed by atoms with van der Waals surface area (Å²) in [4.78, 5) is 18.8. The monoisotopic (exact) mass is 447 g/mol. The molecule has 1 atom stereocenters. The first-order valence-electron chi connectivity index (χ1n) is 10.8. The van der Waals surface area contributed by atoms with Crippen LogP contribution in [0.25, 0.3) is 10.9 Å². The van der Waals surface area contributed by atoms with Gasteiger partial charge in [-0.25, -0.2) is 9.18 Å². The third-order valence-corrected chi connectivity index (χ3v) is 6.41. The Morgan fingerprint density at radius 1 is 1.16 bits per heavy atom. The Kier molecular flexibility index (Phi) is 5.35. The fourth-order valence-corrected chi connectivity index (χ4v) is 4.78. The van der Waals surface area contributed by atoms with E-state index in [0.717, 1.165) is 45.4 Å². The van der Waals surface area contributed by atoms with Crippen molar-refractivity contribution in [2.45, 2.75) is 25.8 Å². The van der Waals surface area contributed by atoms with Crippen LogP contribution in [-0.4, -0.2) is 22.5 Å². The molecule has 0 unspecified atom stereocenters. The maximum Gasteiger partial charge on any atom is 0.322 e. The van der Waals surface area contributed by atoms with Crippen LogP contribution in [0.1, 0.15) is 35.3 Å². The van der Waals surface area contributed by atoms with Crippen LogP contribution < -0.4 is 5.32 Å². The second-order valence-corrected chi connectivity index (χ2v) is 8.48. The Bertz CT molecular complexity index is 1300. The number of rotatable bonds is 3. The van der Waals surface area contributed by atoms with Crippen LogP contribution in [0.5, 0.6) is 0 Å². The number of halogens is 2. The van der Waals surface area contributed by atoms with Gasteiger partial charge in [0.25, 0.3) is 0 Å². The van der Waals surface area contributed by atoms with E-state index in [2.05, 4.69) is 17.2 Å². The number of amides is 2. The molecule has 0 fully saturated rings. The van der Waals surface area contributed by atoms with Crippen LogP contribution >= 0.6 is 11.6 Å². The van der Waals surface area contributed by atoms with Crippen LogP contribution in [0.2, 0.25) is 5.02 Å². The van der Waals surface area contributed by atoms with E-state index < -0.39 is 0 Å². The molecule has 0 radical (unpaired) electrons. The number of benzene rings is 3. The molecule has 1 aliphatic heterocycles. The fraction of sp³-hybridized carbons (Fsp3) is 0.192. The van der Waals surface area contributed by atoms with E-state index >= 15 is 0 Å². The highest BCUT2D eigenvalue weighted by Crippen LogP contribution is 2.39. The first kappa shape index (κ1) is 20.6. The molecule has 0 saturated heterocycles. The SMILES string of the molecule is CCc1ccccc1NC(=O)N1CCc2c([nH]c3ccc(Cl)cc23)[C@H]1c1ccc(F)cc1. The third kappa shape index (κ3) is 3.63. The summed E-state index contributed by atoms with van der Waals surface area (Å²) in [6.45, 7) is 2.60. The van der Waals surface area contributed by atoms with Gasteiger partial charge in [0.05, 0.1) is 6.04 Å². The van der Waals surface area contributed by atoms with Gasteiger partial charge in [-0.1, -0.05) is 48.9 Å². The summed E-state index contributed by atoms with van der Waals surface area (Å²) in [6, 6.07) is 19.4. The predicted molar refractivity (Wildman–Crippen MR) is 127 cm³/mol. The van der Waals surface area contributed by atoms with Gasteiger partial charge in [-0.15, -0.1) is 0 Å². The standard InChI is InChI=1S/C26H23ClFN3O/c1-2-16-5-3-4-6-22(16)30-26(32)31-14-13-20-21-15-18(27)9-12-23(21)29-24(20)25(31)17-7-10-19(28)11-8-17/h3-12,15,25,29H,2,13-14H2,1H3,(H,30,32)/t25-/m1/s1. The van der Waals surface area contributed by atoms with E-state index in [0.29, 0.717) is 18.0 Å². The minimum absolute atomic E-state index is 0.178. The zero-order valence-electron chi connectivity index (χ0n) is 17.7. The summed E-state index contributed by atoms with van der Waals surface area (Å²) in [5.41, 5.74) is 5.81. The van der Waals surface area contributed by atoms with E-state index in [1.807, 2.05) is 47.4 Å². The van der Waals surface area contributed by atoms with E-state index in [-0.39, 0.29) is 17.9 Å². The number of anilines is 1. The summed E-state index contributed by atoms with van der Waals surface area (Å²) in [5.74, 6) is -0.305. The van der Waals surface area contributed by atoms with Gasteiger partial charge >= 0.3 is 6.03 Å². The van der Waals surface area contributed by atoms with Gasteiger partial charge < -0.3 is 15.2 Å². The predicted octanol–water partition coefficient (Wildman–Crippen LogP) is 6.70. The number of urea groups is 1. The Balaban J connectivity index is 1.58. The molecule has 4 nitrogen and oxygen atoms in total. The maximum absolute atomic E-state index is 13.7. The number of H-pyrrole nitrogens is 1. The molecular weight excluding hydrogens is 425 g/mol. The highest BCUT2D eigenvalue weighted by molar-refractivity contribution is 6.31. The van der Waals surface area contributed by atoms with Crippen molar-refractivity contribution in [1.29, 1.82) is 0 Å². The summed E-state index contributed by atoms with van der Waals surface area (Å²) < 4.78 is 13.7. The largest absolute Gasteiger partial charge is 0.356 e. The number of hydrogen-bond donors (Lipinski definition) is 2. The molecule has 2 heterocycles. The van der Waals surface area contributed by atoms with Gasteiger partial charge in [-0.3, -0.25) is 0 Å². The molecule has 2 N–H and O–H groups in total. The topological polar surface area (TPSA) is 48.1 Å². The molecule has 0 bridgehead atoms. The van der Waals surface area contributed by atoms with Crippen molar-refractivity contribution >= 4 is 34.2 Å². The molecule has 4 aromatic rings. The summed E-state index contributed by atoms with van der Waals surface area (Å²) in [7, 11) is 0. The zero-order valence-corrected chi connectivity index (χ0v) is 18.4. The van der Waals surface area contributed by atoms with Gasteiger partial charge in [0.15, 0.2) is 0 Å². The number of fused-ring (bicyclic) bond motifs is 3. The first-order valence-corrected chi connectivity index (χ1v) is 11.1. The zero-order chi connectivity index (χ0) is 22.2. The van der Waals surface area contributed by atoms with Crippen molar-refractivity contribution in [3.63, 3.8) is 0 Å². The quantitative estimate of drug-likeness (QED) is 0.360. The van der Waals surface area contributed by atoms with Crippen LogP contribution in [0.4, 0.5) is 14.9 Å². The Hall–Kier alpha value is -3.31. The molecule has 32 heavy (non-hydrogen) atoms. The van der Waals surface area contributed by atoms with E-state index in [1.165, 1.54) is 12.1 Å². The van der Waals surface area contributed by atoms with Crippen molar-refractivity contribution in [3.05, 3.63) is 100.0 Å². The normalized spacial score (nSPS) is 15.6. The first-order chi connectivity index (χ1) is 15.5. The van der Waals surface area contributed by atoms with Crippen LogP contribution in [0.3, 0.4) is 0 Å². The third-order valence-electron chi connectivity index (χ3n) is 6.18. The highest BCUT2D eigenvalue weighted by atomic mass is 35.5. The van der Waals surface area contributed by atoms with Crippen molar-refractivity contribution in [3.8, 4) is 0 Å². The Labute approximate surface area is 191 Å². The lowest BCUT2D eigenvalue weighted by Gasteiger charge is -2.36. The maximum atomic E-state index is 13.7. The second-order valence-electron chi connectivity index (χ2n) is 8.05. The van der Waals surface area contributed by atoms with Crippen molar-refractivity contribution in [2.24, 2.45) is 0 Å². The lowest BCUT2D eigenvalue weighted by molar-refractivity contribution is 0.193. The van der Waals surface area contributed by atoms with Crippen molar-refractivity contribution in [2.75, 3.05) is 11.9 Å². The number of nitrogens with one attached hydrogen (secondary N) is 2. The van der Waals surface area contributed by atoms with E-state index in [4.69, 9.17) is 11.6 Å². The van der Waals surface area contributed by atoms with Gasteiger partial charge in [0.1, 0.15) is 5.82 Å². The lowest BCUT2D eigenvalue weighted by Crippen LogP contribution is -2.43. The number of aromatic amines is 1. The molecular formula is C26H23ClFN3O. The lowest BCUT2D eigenvalue weighted by atomic mass is 9.92. The highest BCUT2D eigenvalue weighted by Gasteiger charge is 2.34. The molecule has 1 aromatic heterocycles. The van der Waals surface area contributed by atoms with Crippen molar-refractivity contribution in [1.82, 2.24) is 9.88 Å². The number of para-hydroxylation sites is 1. The number of carbonyl (C=O) groups is 1. The minimum atomic E-state index is -0.362. The Morgan fingerprint density at radius 2 is 1.94 bits per heavy atom. The molecule has 6 heteroatoms. The van der Waals surface area contributed by atoms with Crippen LogP contribution in [0, 0.1) is 5.82 Å². The summed E-state index contributed by atoms with van der Waals surface area (Å²) >= 11 is 6.26. The molecule has 1 aliphatic rings. The number of aryl methyl sites for hydroxylation is 1. The molecule has 162 valence electrons. The number of carbonyl (C=O) groups excluding carboxylic acids is 1. The number of hydrogen-bond acceptors (Lipinski definition) is 1. The molecule has 2 amide bonds. The minimum Gasteiger partial charge on any atom is -0.356 e. The average Bonchev–Trinajstić information content (AvgIpc) is 3.17. The molecule has 5 rings (SSSR count). The van der Waals surface area contributed by atoms with Crippen molar-refractivity contribution < 1.29 is 9.18 Å². The van der Waals surface area contributed by atoms with Crippen LogP contribution in [-0.2, 0) is 12.8 Å².